The number of carbonyl (C=O) groups excluding carboxylic acids is 4. The molecule has 0 saturated carbocycles. The van der Waals surface area contributed by atoms with Crippen LogP contribution in [-0.4, -0.2) is 55.5 Å². The predicted molar refractivity (Wildman–Crippen MR) is 165 cm³/mol. The van der Waals surface area contributed by atoms with Gasteiger partial charge in [-0.05, 0) is 88.8 Å². The van der Waals surface area contributed by atoms with Gasteiger partial charge in [-0.1, -0.05) is 0 Å². The summed E-state index contributed by atoms with van der Waals surface area (Å²) in [5.74, 6) is -3.23. The number of aromatic nitrogens is 2. The van der Waals surface area contributed by atoms with Crippen LogP contribution in [0.3, 0.4) is 0 Å². The first-order chi connectivity index (χ1) is 21.1. The maximum absolute atomic E-state index is 12.3. The van der Waals surface area contributed by atoms with Crippen molar-refractivity contribution in [2.45, 2.75) is 73.6 Å². The summed E-state index contributed by atoms with van der Waals surface area (Å²) in [6.07, 6.45) is 3.71. The minimum Gasteiger partial charge on any atom is -0.481 e. The Hall–Kier alpha value is -5.26. The smallest absolute Gasteiger partial charge is 0.303 e. The number of nitrogens with one attached hydrogen (secondary N) is 4. The average Bonchev–Trinajstić information content (AvgIpc) is 3.59. The van der Waals surface area contributed by atoms with Gasteiger partial charge in [0.1, 0.15) is 0 Å². The Kier molecular flexibility index (Phi) is 9.26. The van der Waals surface area contributed by atoms with Gasteiger partial charge in [-0.2, -0.15) is 0 Å². The maximum atomic E-state index is 12.3. The van der Waals surface area contributed by atoms with Gasteiger partial charge in [-0.15, -0.1) is 0 Å². The third-order valence-electron chi connectivity index (χ3n) is 8.29. The molecule has 4 rings (SSSR count). The van der Waals surface area contributed by atoms with Crippen LogP contribution in [-0.2, 0) is 48.0 Å². The van der Waals surface area contributed by atoms with Crippen molar-refractivity contribution in [2.24, 2.45) is 0 Å². The van der Waals surface area contributed by atoms with Crippen LogP contribution < -0.4 is 10.6 Å². The van der Waals surface area contributed by atoms with Crippen LogP contribution in [0.15, 0.2) is 33.7 Å². The molecule has 0 radical (unpaired) electrons. The number of rotatable bonds is 12. The molecule has 6 N–H and O–H groups in total. The molecule has 0 spiro atoms. The molecule has 2 aliphatic heterocycles. The van der Waals surface area contributed by atoms with E-state index >= 15 is 0 Å². The lowest BCUT2D eigenvalue weighted by atomic mass is 9.98. The monoisotopic (exact) mass is 616 g/mol. The second-order valence-corrected chi connectivity index (χ2v) is 11.3. The standard InChI is InChI=1S/C33H36N4O8/c1-14-20(7-9-28(40)41)24(34-22(14)11-26-30(18(5)38)16(3)32(44)36-26)13-25-21(8-10-29(42)43)15(2)23(35-25)12-27-31(19(6)39)17(4)33(45)37-27/h11-12,34-35H,7-10,13H2,1-6H3,(H,36,44)(H,37,45)(H,40,41)(H,42,43)/b26-11-,27-12-. The number of hydrogen-bond donors (Lipinski definition) is 6. The van der Waals surface area contributed by atoms with Gasteiger partial charge in [0, 0.05) is 64.3 Å². The number of carbonyl (C=O) groups is 6. The molecule has 2 aromatic rings. The van der Waals surface area contributed by atoms with Crippen molar-refractivity contribution in [2.75, 3.05) is 0 Å². The van der Waals surface area contributed by atoms with E-state index in [0.717, 1.165) is 22.3 Å². The molecule has 4 heterocycles. The van der Waals surface area contributed by atoms with Crippen LogP contribution in [0.5, 0.6) is 0 Å². The molecule has 2 amide bonds. The number of allylic oxidation sites excluding steroid dienone is 2. The molecule has 0 saturated heterocycles. The summed E-state index contributed by atoms with van der Waals surface area (Å²) in [6, 6.07) is 0. The van der Waals surface area contributed by atoms with Gasteiger partial charge in [0.2, 0.25) is 0 Å². The van der Waals surface area contributed by atoms with E-state index in [1.54, 1.807) is 26.0 Å². The van der Waals surface area contributed by atoms with Crippen molar-refractivity contribution in [3.05, 3.63) is 78.7 Å². The molecule has 12 heteroatoms. The number of aliphatic carboxylic acids is 2. The van der Waals surface area contributed by atoms with E-state index in [-0.39, 0.29) is 66.6 Å². The minimum atomic E-state index is -0.975. The van der Waals surface area contributed by atoms with Crippen LogP contribution in [0.1, 0.15) is 85.6 Å². The fourth-order valence-corrected chi connectivity index (χ4v) is 5.95. The number of hydrogen-bond acceptors (Lipinski definition) is 6. The van der Waals surface area contributed by atoms with Crippen LogP contribution in [0.25, 0.3) is 12.2 Å². The number of carboxylic acids is 2. The number of Topliss-reactive ketones (excluding diaryl/α,β-unsaturated/α-hetero) is 2. The van der Waals surface area contributed by atoms with Gasteiger partial charge in [-0.25, -0.2) is 0 Å². The SMILES string of the molecule is CC(=O)C1=C(C)C(=O)N/C1=C\c1[nH]c(Cc2[nH]c(/C=C3\NC(=O)C(C)=C3C(C)=O)c(C)c2CCC(=O)O)c(CCC(=O)O)c1C. The number of H-pyrrole nitrogens is 2. The van der Waals surface area contributed by atoms with E-state index in [2.05, 4.69) is 20.6 Å². The minimum absolute atomic E-state index is 0.137. The topological polar surface area (TPSA) is 199 Å². The van der Waals surface area contributed by atoms with E-state index in [9.17, 15) is 39.0 Å². The quantitative estimate of drug-likeness (QED) is 0.209. The molecule has 236 valence electrons. The zero-order valence-electron chi connectivity index (χ0n) is 26.0. The Bertz CT molecular complexity index is 1680. The molecular weight excluding hydrogens is 580 g/mol. The van der Waals surface area contributed by atoms with Crippen molar-refractivity contribution in [3.63, 3.8) is 0 Å². The zero-order chi connectivity index (χ0) is 33.3. The summed E-state index contributed by atoms with van der Waals surface area (Å²) in [6.45, 7) is 9.56. The molecule has 2 aliphatic rings. The number of amides is 2. The van der Waals surface area contributed by atoms with E-state index in [0.29, 0.717) is 45.3 Å². The Labute approximate surface area is 259 Å². The van der Waals surface area contributed by atoms with Crippen LogP contribution in [0.2, 0.25) is 0 Å². The Morgan fingerprint density at radius 3 is 1.31 bits per heavy atom. The lowest BCUT2D eigenvalue weighted by Gasteiger charge is -2.07. The molecule has 12 nitrogen and oxygen atoms in total. The largest absolute Gasteiger partial charge is 0.481 e. The van der Waals surface area contributed by atoms with Gasteiger partial charge >= 0.3 is 11.9 Å². The second kappa shape index (κ2) is 12.8. The van der Waals surface area contributed by atoms with E-state index in [1.807, 2.05) is 13.8 Å². The molecule has 0 atom stereocenters. The molecule has 0 fully saturated rings. The highest BCUT2D eigenvalue weighted by atomic mass is 16.4. The van der Waals surface area contributed by atoms with E-state index in [4.69, 9.17) is 0 Å². The molecule has 45 heavy (non-hydrogen) atoms. The van der Waals surface area contributed by atoms with Gasteiger partial charge in [0.05, 0.1) is 11.4 Å². The summed E-state index contributed by atoms with van der Waals surface area (Å²) < 4.78 is 0. The lowest BCUT2D eigenvalue weighted by molar-refractivity contribution is -0.138. The van der Waals surface area contributed by atoms with Gasteiger partial charge in [0.25, 0.3) is 11.8 Å². The molecular formula is C33H36N4O8. The fraction of sp³-hybridized carbons (Fsp3) is 0.333. The fourth-order valence-electron chi connectivity index (χ4n) is 5.95. The van der Waals surface area contributed by atoms with E-state index in [1.165, 1.54) is 13.8 Å². The Morgan fingerprint density at radius 1 is 0.644 bits per heavy atom. The first-order valence-corrected chi connectivity index (χ1v) is 14.4. The lowest BCUT2D eigenvalue weighted by Crippen LogP contribution is -2.16. The molecule has 0 unspecified atom stereocenters. The summed E-state index contributed by atoms with van der Waals surface area (Å²) in [7, 11) is 0. The Morgan fingerprint density at radius 2 is 1.00 bits per heavy atom. The van der Waals surface area contributed by atoms with Crippen LogP contribution in [0.4, 0.5) is 0 Å². The van der Waals surface area contributed by atoms with Crippen molar-refractivity contribution in [3.8, 4) is 0 Å². The summed E-state index contributed by atoms with van der Waals surface area (Å²) in [4.78, 5) is 79.0. The summed E-state index contributed by atoms with van der Waals surface area (Å²) in [5, 5.41) is 24.3. The molecule has 0 aromatic carbocycles. The normalized spacial score (nSPS) is 16.7. The number of carboxylic acid groups (broad SMARTS) is 2. The van der Waals surface area contributed by atoms with E-state index < -0.39 is 11.9 Å². The third kappa shape index (κ3) is 6.64. The van der Waals surface area contributed by atoms with Gasteiger partial charge in [0.15, 0.2) is 11.6 Å². The van der Waals surface area contributed by atoms with Crippen LogP contribution >= 0.6 is 0 Å². The molecule has 0 aliphatic carbocycles. The highest BCUT2D eigenvalue weighted by Crippen LogP contribution is 2.31. The summed E-state index contributed by atoms with van der Waals surface area (Å²) >= 11 is 0. The zero-order valence-corrected chi connectivity index (χ0v) is 26.0. The third-order valence-corrected chi connectivity index (χ3v) is 8.29. The van der Waals surface area contributed by atoms with Gasteiger partial charge < -0.3 is 30.8 Å². The highest BCUT2D eigenvalue weighted by molar-refractivity contribution is 6.14. The summed E-state index contributed by atoms with van der Waals surface area (Å²) in [5.41, 5.74) is 7.42. The number of aromatic amines is 2. The van der Waals surface area contributed by atoms with Crippen molar-refractivity contribution >= 4 is 47.5 Å². The highest BCUT2D eigenvalue weighted by Gasteiger charge is 2.29. The van der Waals surface area contributed by atoms with Gasteiger partial charge in [-0.3, -0.25) is 28.8 Å². The maximum Gasteiger partial charge on any atom is 0.303 e. The Balaban J connectivity index is 1.83. The molecule has 0 bridgehead atoms. The molecule has 2 aromatic heterocycles. The van der Waals surface area contributed by atoms with Crippen molar-refractivity contribution < 1.29 is 39.0 Å². The average molecular weight is 617 g/mol. The first-order valence-electron chi connectivity index (χ1n) is 14.4. The van der Waals surface area contributed by atoms with Crippen molar-refractivity contribution in [1.82, 2.24) is 20.6 Å². The predicted octanol–water partition coefficient (Wildman–Crippen LogP) is 3.34. The number of ketones is 2. The second-order valence-electron chi connectivity index (χ2n) is 11.3. The first kappa shape index (κ1) is 32.6. The van der Waals surface area contributed by atoms with Crippen LogP contribution in [0, 0.1) is 13.8 Å². The van der Waals surface area contributed by atoms with Crippen molar-refractivity contribution in [1.29, 1.82) is 0 Å².